The summed E-state index contributed by atoms with van der Waals surface area (Å²) in [6.45, 7) is 0.420. The van der Waals surface area contributed by atoms with Crippen molar-refractivity contribution in [3.05, 3.63) is 30.1 Å². The largest absolute Gasteiger partial charge is 0.335 e. The Balaban J connectivity index is 2.63. The van der Waals surface area contributed by atoms with E-state index in [1.54, 1.807) is 6.20 Å². The Kier molecular flexibility index (Phi) is 2.00. The summed E-state index contributed by atoms with van der Waals surface area (Å²) in [5.74, 6) is 5.03. The number of hydrogen-bond donors (Lipinski definition) is 1. The number of rotatable bonds is 2. The molecular weight excluding hydrogens is 166 g/mol. The molecular formula is C9H11N3O. The van der Waals surface area contributed by atoms with E-state index in [0.717, 1.165) is 16.6 Å². The van der Waals surface area contributed by atoms with E-state index >= 15 is 0 Å². The second kappa shape index (κ2) is 3.16. The number of hydrogen-bond acceptors (Lipinski definition) is 3. The van der Waals surface area contributed by atoms with E-state index in [2.05, 4.69) is 9.82 Å². The van der Waals surface area contributed by atoms with E-state index < -0.39 is 0 Å². The van der Waals surface area contributed by atoms with Crippen LogP contribution in [0.1, 0.15) is 5.56 Å². The maximum Gasteiger partial charge on any atom is 0.139 e. The van der Waals surface area contributed by atoms with Crippen molar-refractivity contribution in [3.63, 3.8) is 0 Å². The number of aryl methyl sites for hydroxylation is 1. The van der Waals surface area contributed by atoms with Crippen LogP contribution in [0.25, 0.3) is 11.0 Å². The molecule has 0 spiro atoms. The van der Waals surface area contributed by atoms with Crippen LogP contribution in [0.2, 0.25) is 0 Å². The smallest absolute Gasteiger partial charge is 0.139 e. The lowest BCUT2D eigenvalue weighted by Gasteiger charge is -1.94. The number of nitrogens with two attached hydrogens (primary N) is 1. The number of fused-ring (bicyclic) bond motifs is 1. The fraction of sp³-hybridized carbons (Fsp3) is 0.222. The molecule has 2 N–H and O–H groups in total. The monoisotopic (exact) mass is 177 g/mol. The zero-order chi connectivity index (χ0) is 9.26. The lowest BCUT2D eigenvalue weighted by molar-refractivity contribution is 0.125. The van der Waals surface area contributed by atoms with Gasteiger partial charge in [-0.25, -0.2) is 10.9 Å². The van der Waals surface area contributed by atoms with Crippen molar-refractivity contribution in [3.8, 4) is 0 Å². The SMILES string of the molecule is Cn1cc(CON)c2cccnc21. The number of pyridine rings is 1. The fourth-order valence-electron chi connectivity index (χ4n) is 1.50. The minimum absolute atomic E-state index is 0.420. The predicted octanol–water partition coefficient (Wildman–Crippen LogP) is 0.964. The van der Waals surface area contributed by atoms with Gasteiger partial charge in [0, 0.05) is 30.4 Å². The van der Waals surface area contributed by atoms with Gasteiger partial charge in [-0.05, 0) is 12.1 Å². The van der Waals surface area contributed by atoms with Crippen LogP contribution in [0.4, 0.5) is 0 Å². The molecule has 0 unspecified atom stereocenters. The molecule has 0 saturated carbocycles. The zero-order valence-electron chi connectivity index (χ0n) is 7.40. The Labute approximate surface area is 75.9 Å². The van der Waals surface area contributed by atoms with Gasteiger partial charge < -0.3 is 4.57 Å². The molecule has 0 aromatic carbocycles. The third kappa shape index (κ3) is 1.30. The van der Waals surface area contributed by atoms with E-state index in [0.29, 0.717) is 6.61 Å². The molecule has 0 atom stereocenters. The summed E-state index contributed by atoms with van der Waals surface area (Å²) in [4.78, 5) is 8.86. The van der Waals surface area contributed by atoms with Gasteiger partial charge in [0.15, 0.2) is 0 Å². The Morgan fingerprint density at radius 1 is 1.62 bits per heavy atom. The topological polar surface area (TPSA) is 53.1 Å². The average molecular weight is 177 g/mol. The molecule has 0 aliphatic carbocycles. The summed E-state index contributed by atoms with van der Waals surface area (Å²) in [7, 11) is 1.95. The normalized spacial score (nSPS) is 10.9. The van der Waals surface area contributed by atoms with Crippen molar-refractivity contribution < 1.29 is 4.84 Å². The molecule has 4 nitrogen and oxygen atoms in total. The van der Waals surface area contributed by atoms with Crippen LogP contribution in [0.15, 0.2) is 24.5 Å². The predicted molar refractivity (Wildman–Crippen MR) is 49.7 cm³/mol. The molecule has 4 heteroatoms. The third-order valence-corrected chi connectivity index (χ3v) is 2.06. The van der Waals surface area contributed by atoms with Crippen LogP contribution in [-0.2, 0) is 18.5 Å². The molecule has 0 saturated heterocycles. The highest BCUT2D eigenvalue weighted by atomic mass is 16.6. The summed E-state index contributed by atoms with van der Waals surface area (Å²) in [5.41, 5.74) is 2.02. The minimum Gasteiger partial charge on any atom is -0.335 e. The van der Waals surface area contributed by atoms with Gasteiger partial charge in [0.1, 0.15) is 5.65 Å². The van der Waals surface area contributed by atoms with Gasteiger partial charge in [0.05, 0.1) is 6.61 Å². The van der Waals surface area contributed by atoms with Crippen LogP contribution < -0.4 is 5.90 Å². The molecule has 2 aromatic heterocycles. The summed E-state index contributed by atoms with van der Waals surface area (Å²) >= 11 is 0. The molecule has 0 amide bonds. The summed E-state index contributed by atoms with van der Waals surface area (Å²) < 4.78 is 1.96. The van der Waals surface area contributed by atoms with Crippen LogP contribution in [-0.4, -0.2) is 9.55 Å². The molecule has 2 heterocycles. The molecule has 0 radical (unpaired) electrons. The number of nitrogens with zero attached hydrogens (tertiary/aromatic N) is 2. The van der Waals surface area contributed by atoms with Crippen LogP contribution in [0.5, 0.6) is 0 Å². The second-order valence-corrected chi connectivity index (χ2v) is 2.95. The van der Waals surface area contributed by atoms with Gasteiger partial charge in [0.25, 0.3) is 0 Å². The van der Waals surface area contributed by atoms with Gasteiger partial charge in [-0.1, -0.05) is 0 Å². The van der Waals surface area contributed by atoms with Crippen molar-refractivity contribution in [2.24, 2.45) is 12.9 Å². The van der Waals surface area contributed by atoms with Crippen LogP contribution >= 0.6 is 0 Å². The van der Waals surface area contributed by atoms with Gasteiger partial charge in [-0.2, -0.15) is 0 Å². The standard InChI is InChI=1S/C9H11N3O/c1-12-5-7(6-13-10)8-3-2-4-11-9(8)12/h2-5H,6,10H2,1H3. The molecule has 0 bridgehead atoms. The van der Waals surface area contributed by atoms with Gasteiger partial charge in [0.2, 0.25) is 0 Å². The zero-order valence-corrected chi connectivity index (χ0v) is 7.40. The van der Waals surface area contributed by atoms with E-state index in [-0.39, 0.29) is 0 Å². The van der Waals surface area contributed by atoms with Gasteiger partial charge in [-0.3, -0.25) is 4.84 Å². The highest BCUT2D eigenvalue weighted by Gasteiger charge is 2.05. The first-order valence-electron chi connectivity index (χ1n) is 4.03. The Bertz CT molecular complexity index is 422. The summed E-state index contributed by atoms with van der Waals surface area (Å²) in [6, 6.07) is 3.92. The van der Waals surface area contributed by atoms with Crippen molar-refractivity contribution in [2.75, 3.05) is 0 Å². The molecule has 2 rings (SSSR count). The molecule has 13 heavy (non-hydrogen) atoms. The third-order valence-electron chi connectivity index (χ3n) is 2.06. The summed E-state index contributed by atoms with van der Waals surface area (Å²) in [5, 5.41) is 1.09. The lowest BCUT2D eigenvalue weighted by atomic mass is 10.2. The summed E-state index contributed by atoms with van der Waals surface area (Å²) in [6.07, 6.45) is 3.75. The van der Waals surface area contributed by atoms with E-state index in [1.807, 2.05) is 29.9 Å². The maximum absolute atomic E-state index is 5.03. The van der Waals surface area contributed by atoms with Crippen LogP contribution in [0, 0.1) is 0 Å². The van der Waals surface area contributed by atoms with Crippen molar-refractivity contribution in [1.29, 1.82) is 0 Å². The fourth-order valence-corrected chi connectivity index (χ4v) is 1.50. The van der Waals surface area contributed by atoms with E-state index in [4.69, 9.17) is 5.90 Å². The van der Waals surface area contributed by atoms with E-state index in [9.17, 15) is 0 Å². The van der Waals surface area contributed by atoms with E-state index in [1.165, 1.54) is 0 Å². The number of aromatic nitrogens is 2. The Morgan fingerprint density at radius 3 is 3.23 bits per heavy atom. The second-order valence-electron chi connectivity index (χ2n) is 2.95. The molecule has 2 aromatic rings. The molecule has 68 valence electrons. The molecule has 0 aliphatic rings. The van der Waals surface area contributed by atoms with Crippen molar-refractivity contribution >= 4 is 11.0 Å². The molecule has 0 aliphatic heterocycles. The lowest BCUT2D eigenvalue weighted by Crippen LogP contribution is -1.97. The highest BCUT2D eigenvalue weighted by molar-refractivity contribution is 5.80. The quantitative estimate of drug-likeness (QED) is 0.695. The maximum atomic E-state index is 5.03. The van der Waals surface area contributed by atoms with Crippen LogP contribution in [0.3, 0.4) is 0 Å². The van der Waals surface area contributed by atoms with Gasteiger partial charge >= 0.3 is 0 Å². The Hall–Kier alpha value is -1.39. The first-order valence-corrected chi connectivity index (χ1v) is 4.03. The average Bonchev–Trinajstić information content (AvgIpc) is 2.46. The van der Waals surface area contributed by atoms with Crippen molar-refractivity contribution in [1.82, 2.24) is 9.55 Å². The highest BCUT2D eigenvalue weighted by Crippen LogP contribution is 2.18. The minimum atomic E-state index is 0.420. The van der Waals surface area contributed by atoms with Gasteiger partial charge in [-0.15, -0.1) is 0 Å². The first kappa shape index (κ1) is 8.22. The first-order chi connectivity index (χ1) is 6.33. The molecule has 0 fully saturated rings. The Morgan fingerprint density at radius 2 is 2.46 bits per heavy atom. The van der Waals surface area contributed by atoms with Crippen molar-refractivity contribution in [2.45, 2.75) is 6.61 Å².